The van der Waals surface area contributed by atoms with Crippen LogP contribution in [0, 0.1) is 5.92 Å². The lowest BCUT2D eigenvalue weighted by Crippen LogP contribution is -2.42. The summed E-state index contributed by atoms with van der Waals surface area (Å²) in [6.45, 7) is 4.96. The second-order valence-electron chi connectivity index (χ2n) is 8.25. The number of hydrogen-bond donors (Lipinski definition) is 1. The van der Waals surface area contributed by atoms with Crippen molar-refractivity contribution in [1.82, 2.24) is 9.97 Å². The van der Waals surface area contributed by atoms with E-state index in [-0.39, 0.29) is 5.54 Å². The van der Waals surface area contributed by atoms with Gasteiger partial charge in [-0.2, -0.15) is 4.98 Å². The van der Waals surface area contributed by atoms with Crippen molar-refractivity contribution in [2.24, 2.45) is 5.92 Å². The standard InChI is InChI=1S/C19H30N4O2S/c1-19(8-3-9-19)22-17-16-15(7-13-26(16)24)20-18(21-17)23(2)10-4-14-5-11-25-12-6-14/h14H,3-13H2,1-2H3,(H,20,21,22)/t26-/m1/s1. The van der Waals surface area contributed by atoms with Crippen LogP contribution in [0.25, 0.3) is 0 Å². The van der Waals surface area contributed by atoms with E-state index in [9.17, 15) is 4.21 Å². The summed E-state index contributed by atoms with van der Waals surface area (Å²) >= 11 is 0. The Balaban J connectivity index is 1.51. The van der Waals surface area contributed by atoms with E-state index in [0.717, 1.165) is 86.6 Å². The zero-order valence-electron chi connectivity index (χ0n) is 15.9. The molecular weight excluding hydrogens is 348 g/mol. The molecule has 144 valence electrons. The van der Waals surface area contributed by atoms with Crippen LogP contribution in [0.4, 0.5) is 11.8 Å². The Bertz CT molecular complexity index is 686. The van der Waals surface area contributed by atoms with Crippen LogP contribution in [0.2, 0.25) is 0 Å². The highest BCUT2D eigenvalue weighted by atomic mass is 32.2. The van der Waals surface area contributed by atoms with Gasteiger partial charge < -0.3 is 15.0 Å². The fourth-order valence-corrected chi connectivity index (χ4v) is 5.37. The molecule has 1 aromatic heterocycles. The van der Waals surface area contributed by atoms with Gasteiger partial charge in [-0.25, -0.2) is 4.98 Å². The number of ether oxygens (including phenoxy) is 1. The predicted molar refractivity (Wildman–Crippen MR) is 104 cm³/mol. The molecule has 3 aliphatic rings. The summed E-state index contributed by atoms with van der Waals surface area (Å²) in [5.41, 5.74) is 1.06. The molecule has 1 saturated carbocycles. The molecule has 0 spiro atoms. The predicted octanol–water partition coefficient (Wildman–Crippen LogP) is 2.75. The van der Waals surface area contributed by atoms with Gasteiger partial charge in [0.15, 0.2) is 0 Å². The molecule has 0 aromatic carbocycles. The number of hydrogen-bond acceptors (Lipinski definition) is 6. The second-order valence-corrected chi connectivity index (χ2v) is 9.76. The average molecular weight is 379 g/mol. The number of rotatable bonds is 6. The zero-order chi connectivity index (χ0) is 18.1. The van der Waals surface area contributed by atoms with Gasteiger partial charge in [0.2, 0.25) is 5.95 Å². The first-order valence-electron chi connectivity index (χ1n) is 9.90. The Hall–Kier alpha value is -1.21. The lowest BCUT2D eigenvalue weighted by molar-refractivity contribution is 0.0645. The third-order valence-corrected chi connectivity index (χ3v) is 7.57. The molecular formula is C19H30N4O2S. The highest BCUT2D eigenvalue weighted by Gasteiger charge is 2.35. The van der Waals surface area contributed by atoms with Crippen LogP contribution in [0.15, 0.2) is 4.90 Å². The molecule has 26 heavy (non-hydrogen) atoms. The van der Waals surface area contributed by atoms with Crippen LogP contribution < -0.4 is 10.2 Å². The minimum atomic E-state index is -0.971. The van der Waals surface area contributed by atoms with Crippen molar-refractivity contribution >= 4 is 22.6 Å². The summed E-state index contributed by atoms with van der Waals surface area (Å²) < 4.78 is 17.9. The van der Waals surface area contributed by atoms with Crippen molar-refractivity contribution < 1.29 is 8.95 Å². The zero-order valence-corrected chi connectivity index (χ0v) is 16.7. The van der Waals surface area contributed by atoms with E-state index in [1.54, 1.807) is 0 Å². The Morgan fingerprint density at radius 3 is 2.77 bits per heavy atom. The van der Waals surface area contributed by atoms with Crippen LogP contribution >= 0.6 is 0 Å². The van der Waals surface area contributed by atoms with Crippen molar-refractivity contribution in [2.75, 3.05) is 42.8 Å². The molecule has 0 bridgehead atoms. The number of aryl methyl sites for hydroxylation is 1. The Morgan fingerprint density at radius 1 is 1.31 bits per heavy atom. The molecule has 3 heterocycles. The maximum atomic E-state index is 12.5. The van der Waals surface area contributed by atoms with Gasteiger partial charge in [-0.1, -0.05) is 0 Å². The fourth-order valence-electron chi connectivity index (χ4n) is 4.07. The second kappa shape index (κ2) is 7.43. The molecule has 0 unspecified atom stereocenters. The van der Waals surface area contributed by atoms with E-state index >= 15 is 0 Å². The van der Waals surface area contributed by atoms with Gasteiger partial charge in [-0.05, 0) is 51.4 Å². The van der Waals surface area contributed by atoms with Crippen molar-refractivity contribution in [3.05, 3.63) is 5.69 Å². The third kappa shape index (κ3) is 3.74. The van der Waals surface area contributed by atoms with E-state index in [2.05, 4.69) is 24.2 Å². The normalized spacial score (nSPS) is 24.8. The van der Waals surface area contributed by atoms with Crippen molar-refractivity contribution in [1.29, 1.82) is 0 Å². The van der Waals surface area contributed by atoms with Gasteiger partial charge in [0, 0.05) is 44.5 Å². The van der Waals surface area contributed by atoms with Crippen LogP contribution in [-0.4, -0.2) is 52.3 Å². The summed E-state index contributed by atoms with van der Waals surface area (Å²) in [5, 5.41) is 3.60. The smallest absolute Gasteiger partial charge is 0.227 e. The van der Waals surface area contributed by atoms with Crippen LogP contribution in [0.1, 0.15) is 51.1 Å². The molecule has 7 heteroatoms. The Morgan fingerprint density at radius 2 is 2.08 bits per heavy atom. The molecule has 2 fully saturated rings. The number of aromatic nitrogens is 2. The van der Waals surface area contributed by atoms with Gasteiger partial charge >= 0.3 is 0 Å². The van der Waals surface area contributed by atoms with Crippen molar-refractivity contribution in [2.45, 2.75) is 62.3 Å². The maximum absolute atomic E-state index is 12.5. The summed E-state index contributed by atoms with van der Waals surface area (Å²) in [6.07, 6.45) is 7.79. The highest BCUT2D eigenvalue weighted by Crippen LogP contribution is 2.38. The average Bonchev–Trinajstić information content (AvgIpc) is 3.00. The highest BCUT2D eigenvalue weighted by molar-refractivity contribution is 7.85. The largest absolute Gasteiger partial charge is 0.381 e. The van der Waals surface area contributed by atoms with E-state index in [1.165, 1.54) is 6.42 Å². The first-order chi connectivity index (χ1) is 12.5. The van der Waals surface area contributed by atoms with E-state index in [4.69, 9.17) is 14.7 Å². The SMILES string of the molecule is CN(CCC1CCOCC1)c1nc2c(c(NC3(C)CCC3)n1)[S@](=O)CC2. The first kappa shape index (κ1) is 18.2. The van der Waals surface area contributed by atoms with Crippen LogP contribution in [0.5, 0.6) is 0 Å². The molecule has 2 aliphatic heterocycles. The van der Waals surface area contributed by atoms with Gasteiger partial charge in [0.25, 0.3) is 0 Å². The summed E-state index contributed by atoms with van der Waals surface area (Å²) in [7, 11) is 1.10. The van der Waals surface area contributed by atoms with Gasteiger partial charge in [-0.3, -0.25) is 4.21 Å². The molecule has 0 radical (unpaired) electrons. The topological polar surface area (TPSA) is 67.3 Å². The number of anilines is 2. The first-order valence-corrected chi connectivity index (χ1v) is 11.2. The number of nitrogens with zero attached hydrogens (tertiary/aromatic N) is 3. The molecule has 1 atom stereocenters. The number of nitrogens with one attached hydrogen (secondary N) is 1. The van der Waals surface area contributed by atoms with Crippen molar-refractivity contribution in [3.63, 3.8) is 0 Å². The monoisotopic (exact) mass is 378 g/mol. The molecule has 4 rings (SSSR count). The van der Waals surface area contributed by atoms with Gasteiger partial charge in [-0.15, -0.1) is 0 Å². The summed E-state index contributed by atoms with van der Waals surface area (Å²) in [6, 6.07) is 0. The molecule has 1 aromatic rings. The Kier molecular flexibility index (Phi) is 5.19. The summed E-state index contributed by atoms with van der Waals surface area (Å²) in [5.74, 6) is 2.98. The third-order valence-electron chi connectivity index (χ3n) is 6.11. The lowest BCUT2D eigenvalue weighted by atomic mass is 9.78. The van der Waals surface area contributed by atoms with Crippen molar-refractivity contribution in [3.8, 4) is 0 Å². The fraction of sp³-hybridized carbons (Fsp3) is 0.789. The quantitative estimate of drug-likeness (QED) is 0.821. The number of fused-ring (bicyclic) bond motifs is 1. The van der Waals surface area contributed by atoms with E-state index < -0.39 is 10.8 Å². The molecule has 1 N–H and O–H groups in total. The minimum Gasteiger partial charge on any atom is -0.381 e. The van der Waals surface area contributed by atoms with Crippen LogP contribution in [-0.2, 0) is 22.0 Å². The maximum Gasteiger partial charge on any atom is 0.227 e. The van der Waals surface area contributed by atoms with E-state index in [0.29, 0.717) is 5.75 Å². The molecule has 1 saturated heterocycles. The minimum absolute atomic E-state index is 0.0901. The molecule has 6 nitrogen and oxygen atoms in total. The van der Waals surface area contributed by atoms with E-state index in [1.807, 2.05) is 0 Å². The van der Waals surface area contributed by atoms with Gasteiger partial charge in [0.1, 0.15) is 10.7 Å². The lowest BCUT2D eigenvalue weighted by Gasteiger charge is -2.40. The molecule has 0 amide bonds. The summed E-state index contributed by atoms with van der Waals surface area (Å²) in [4.78, 5) is 12.6. The van der Waals surface area contributed by atoms with Crippen LogP contribution in [0.3, 0.4) is 0 Å². The molecule has 1 aliphatic carbocycles. The van der Waals surface area contributed by atoms with Gasteiger partial charge in [0.05, 0.1) is 16.5 Å². The Labute approximate surface area is 158 Å².